The molecule has 0 saturated heterocycles. The van der Waals surface area contributed by atoms with E-state index in [4.69, 9.17) is 10.00 Å². The third-order valence-corrected chi connectivity index (χ3v) is 2.07. The van der Waals surface area contributed by atoms with Gasteiger partial charge >= 0.3 is 6.09 Å². The maximum absolute atomic E-state index is 11.5. The molecule has 1 aromatic carbocycles. The van der Waals surface area contributed by atoms with Gasteiger partial charge in [0.15, 0.2) is 0 Å². The standard InChI is InChI=1S/C13H9N3O2/c14-7-10-6-11(9-15-8-10)16-13(17)18-12-4-2-1-3-5-12/h1-6,8-9H,(H,16,17). The molecule has 0 saturated carbocycles. The maximum Gasteiger partial charge on any atom is 0.417 e. The van der Waals surface area contributed by atoms with E-state index in [0.717, 1.165) is 0 Å². The number of hydrogen-bond acceptors (Lipinski definition) is 4. The molecule has 5 heteroatoms. The van der Waals surface area contributed by atoms with E-state index in [-0.39, 0.29) is 0 Å². The van der Waals surface area contributed by atoms with Crippen molar-refractivity contribution >= 4 is 11.8 Å². The smallest absolute Gasteiger partial charge is 0.410 e. The van der Waals surface area contributed by atoms with Crippen LogP contribution >= 0.6 is 0 Å². The molecule has 0 aliphatic rings. The van der Waals surface area contributed by atoms with Gasteiger partial charge in [-0.15, -0.1) is 0 Å². The van der Waals surface area contributed by atoms with E-state index >= 15 is 0 Å². The van der Waals surface area contributed by atoms with Crippen molar-refractivity contribution in [1.82, 2.24) is 4.98 Å². The molecule has 0 spiro atoms. The van der Waals surface area contributed by atoms with Gasteiger partial charge in [-0.1, -0.05) is 18.2 Å². The van der Waals surface area contributed by atoms with Crippen LogP contribution in [0.1, 0.15) is 5.56 Å². The SMILES string of the molecule is N#Cc1cncc(NC(=O)Oc2ccccc2)c1. The van der Waals surface area contributed by atoms with Crippen molar-refractivity contribution in [3.05, 3.63) is 54.4 Å². The molecule has 1 N–H and O–H groups in total. The van der Waals surface area contributed by atoms with Gasteiger partial charge in [-0.25, -0.2) is 4.79 Å². The van der Waals surface area contributed by atoms with Gasteiger partial charge in [0.25, 0.3) is 0 Å². The first kappa shape index (κ1) is 11.6. The van der Waals surface area contributed by atoms with Gasteiger partial charge in [0.1, 0.15) is 11.8 Å². The minimum atomic E-state index is -0.627. The summed E-state index contributed by atoms with van der Waals surface area (Å²) in [4.78, 5) is 15.4. The molecule has 0 atom stereocenters. The number of hydrogen-bond donors (Lipinski definition) is 1. The molecule has 88 valence electrons. The first-order valence-corrected chi connectivity index (χ1v) is 5.17. The summed E-state index contributed by atoms with van der Waals surface area (Å²) in [5.74, 6) is 0.444. The lowest BCUT2D eigenvalue weighted by Crippen LogP contribution is -2.16. The number of nitriles is 1. The molecule has 0 radical (unpaired) electrons. The Morgan fingerprint density at radius 1 is 1.28 bits per heavy atom. The van der Waals surface area contributed by atoms with Gasteiger partial charge < -0.3 is 4.74 Å². The van der Waals surface area contributed by atoms with E-state index in [1.54, 1.807) is 24.3 Å². The third-order valence-electron chi connectivity index (χ3n) is 2.07. The Hall–Kier alpha value is -2.87. The van der Waals surface area contributed by atoms with Crippen LogP contribution in [0.3, 0.4) is 0 Å². The van der Waals surface area contributed by atoms with E-state index in [1.807, 2.05) is 12.1 Å². The van der Waals surface area contributed by atoms with Gasteiger partial charge in [-0.2, -0.15) is 5.26 Å². The van der Waals surface area contributed by atoms with E-state index in [1.165, 1.54) is 18.5 Å². The summed E-state index contributed by atoms with van der Waals surface area (Å²) in [5, 5.41) is 11.2. The van der Waals surface area contributed by atoms with Crippen molar-refractivity contribution in [1.29, 1.82) is 5.26 Å². The molecule has 1 amide bonds. The zero-order valence-electron chi connectivity index (χ0n) is 9.33. The highest BCUT2D eigenvalue weighted by Gasteiger charge is 2.05. The predicted molar refractivity (Wildman–Crippen MR) is 65.0 cm³/mol. The van der Waals surface area contributed by atoms with Crippen LogP contribution in [0.5, 0.6) is 5.75 Å². The number of rotatable bonds is 2. The summed E-state index contributed by atoms with van der Waals surface area (Å²) >= 11 is 0. The number of carbonyl (C=O) groups is 1. The average Bonchev–Trinajstić information content (AvgIpc) is 2.40. The Bertz CT molecular complexity index is 591. The second-order valence-electron chi connectivity index (χ2n) is 3.40. The average molecular weight is 239 g/mol. The van der Waals surface area contributed by atoms with Crippen LogP contribution < -0.4 is 10.1 Å². The highest BCUT2D eigenvalue weighted by atomic mass is 16.6. The predicted octanol–water partition coefficient (Wildman–Crippen LogP) is 2.56. The first-order chi connectivity index (χ1) is 8.78. The van der Waals surface area contributed by atoms with Gasteiger partial charge in [-0.05, 0) is 18.2 Å². The Morgan fingerprint density at radius 3 is 2.78 bits per heavy atom. The molecular weight excluding hydrogens is 230 g/mol. The van der Waals surface area contributed by atoms with Crippen molar-refractivity contribution in [2.45, 2.75) is 0 Å². The molecule has 0 fully saturated rings. The van der Waals surface area contributed by atoms with Crippen molar-refractivity contribution in [3.63, 3.8) is 0 Å². The molecule has 0 aliphatic carbocycles. The second kappa shape index (κ2) is 5.46. The number of ether oxygens (including phenoxy) is 1. The maximum atomic E-state index is 11.5. The van der Waals surface area contributed by atoms with Crippen molar-refractivity contribution in [2.24, 2.45) is 0 Å². The van der Waals surface area contributed by atoms with Crippen LogP contribution in [0.15, 0.2) is 48.8 Å². The zero-order valence-corrected chi connectivity index (χ0v) is 9.33. The van der Waals surface area contributed by atoms with E-state index in [0.29, 0.717) is 17.0 Å². The topological polar surface area (TPSA) is 75.0 Å². The Morgan fingerprint density at radius 2 is 2.06 bits per heavy atom. The largest absolute Gasteiger partial charge is 0.417 e. The molecule has 1 aromatic heterocycles. The van der Waals surface area contributed by atoms with Crippen LogP contribution in [-0.4, -0.2) is 11.1 Å². The molecule has 0 bridgehead atoms. The number of nitrogens with one attached hydrogen (secondary N) is 1. The minimum absolute atomic E-state index is 0.368. The van der Waals surface area contributed by atoms with Gasteiger partial charge in [0.2, 0.25) is 0 Å². The molecule has 2 rings (SSSR count). The number of pyridine rings is 1. The summed E-state index contributed by atoms with van der Waals surface area (Å²) < 4.78 is 5.03. The van der Waals surface area contributed by atoms with E-state index < -0.39 is 6.09 Å². The normalized spacial score (nSPS) is 9.28. The number of amides is 1. The molecule has 0 unspecified atom stereocenters. The molecule has 1 heterocycles. The fourth-order valence-electron chi connectivity index (χ4n) is 1.31. The summed E-state index contributed by atoms with van der Waals surface area (Å²) in [5.41, 5.74) is 0.780. The van der Waals surface area contributed by atoms with E-state index in [9.17, 15) is 4.79 Å². The van der Waals surface area contributed by atoms with Crippen LogP contribution in [0.4, 0.5) is 10.5 Å². The van der Waals surface area contributed by atoms with Crippen LogP contribution in [-0.2, 0) is 0 Å². The fraction of sp³-hybridized carbons (Fsp3) is 0. The lowest BCUT2D eigenvalue weighted by molar-refractivity contribution is 0.215. The lowest BCUT2D eigenvalue weighted by atomic mass is 10.3. The highest BCUT2D eigenvalue weighted by molar-refractivity contribution is 5.86. The summed E-state index contributed by atoms with van der Waals surface area (Å²) in [6.07, 6.45) is 2.22. The zero-order chi connectivity index (χ0) is 12.8. The van der Waals surface area contributed by atoms with Gasteiger partial charge in [0.05, 0.1) is 17.4 Å². The van der Waals surface area contributed by atoms with Crippen molar-refractivity contribution < 1.29 is 9.53 Å². The summed E-state index contributed by atoms with van der Waals surface area (Å²) in [7, 11) is 0. The lowest BCUT2D eigenvalue weighted by Gasteiger charge is -2.05. The summed E-state index contributed by atoms with van der Waals surface area (Å²) in [6, 6.07) is 12.1. The molecule has 18 heavy (non-hydrogen) atoms. The number of benzene rings is 1. The van der Waals surface area contributed by atoms with Gasteiger partial charge in [-0.3, -0.25) is 10.3 Å². The van der Waals surface area contributed by atoms with E-state index in [2.05, 4.69) is 10.3 Å². The Balaban J connectivity index is 2.01. The number of nitrogens with zero attached hydrogens (tertiary/aromatic N) is 2. The van der Waals surface area contributed by atoms with Crippen LogP contribution in [0.2, 0.25) is 0 Å². The second-order valence-corrected chi connectivity index (χ2v) is 3.40. The minimum Gasteiger partial charge on any atom is -0.410 e. The van der Waals surface area contributed by atoms with Crippen LogP contribution in [0.25, 0.3) is 0 Å². The number of anilines is 1. The van der Waals surface area contributed by atoms with Crippen molar-refractivity contribution in [3.8, 4) is 11.8 Å². The van der Waals surface area contributed by atoms with Crippen LogP contribution in [0, 0.1) is 11.3 Å². The van der Waals surface area contributed by atoms with Crippen molar-refractivity contribution in [2.75, 3.05) is 5.32 Å². The third kappa shape index (κ3) is 3.06. The Kier molecular flexibility index (Phi) is 3.52. The highest BCUT2D eigenvalue weighted by Crippen LogP contribution is 2.11. The van der Waals surface area contributed by atoms with Gasteiger partial charge in [0, 0.05) is 6.20 Å². The molecule has 5 nitrogen and oxygen atoms in total. The molecule has 2 aromatic rings. The fourth-order valence-corrected chi connectivity index (χ4v) is 1.31. The summed E-state index contributed by atoms with van der Waals surface area (Å²) in [6.45, 7) is 0. The molecular formula is C13H9N3O2. The number of para-hydroxylation sites is 1. The Labute approximate surface area is 104 Å². The molecule has 0 aliphatic heterocycles. The first-order valence-electron chi connectivity index (χ1n) is 5.17. The monoisotopic (exact) mass is 239 g/mol. The number of aromatic nitrogens is 1. The quantitative estimate of drug-likeness (QED) is 0.873. The number of carbonyl (C=O) groups excluding carboxylic acids is 1.